The van der Waals surface area contributed by atoms with Crippen LogP contribution in [0.2, 0.25) is 0 Å². The highest BCUT2D eigenvalue weighted by molar-refractivity contribution is 9.10. The highest BCUT2D eigenvalue weighted by Crippen LogP contribution is 2.51. The van der Waals surface area contributed by atoms with Crippen LogP contribution >= 0.6 is 15.9 Å². The van der Waals surface area contributed by atoms with E-state index in [0.29, 0.717) is 30.9 Å². The van der Waals surface area contributed by atoms with Crippen molar-refractivity contribution in [3.63, 3.8) is 0 Å². The molecule has 0 saturated heterocycles. The van der Waals surface area contributed by atoms with Crippen LogP contribution in [0.25, 0.3) is 0 Å². The second-order valence-corrected chi connectivity index (χ2v) is 8.77. The van der Waals surface area contributed by atoms with Gasteiger partial charge in [-0.25, -0.2) is 0 Å². The number of hydrogen-bond donors (Lipinski definition) is 0. The summed E-state index contributed by atoms with van der Waals surface area (Å²) in [6, 6.07) is 3.92. The number of nitrogens with zero attached hydrogens (tertiary/aromatic N) is 1. The molecule has 30 heavy (non-hydrogen) atoms. The SMILES string of the molecule is CCOc1c(Br)cc(C2C3=C(CCCC3=O)N(CC)C3=C2C(=O)CCC3)cc1OC. The lowest BCUT2D eigenvalue weighted by Gasteiger charge is -2.43. The first kappa shape index (κ1) is 21.2. The average molecular weight is 474 g/mol. The third kappa shape index (κ3) is 3.39. The number of rotatable bonds is 5. The summed E-state index contributed by atoms with van der Waals surface area (Å²) in [6.07, 6.45) is 4.58. The van der Waals surface area contributed by atoms with E-state index in [1.165, 1.54) is 0 Å². The van der Waals surface area contributed by atoms with Gasteiger partial charge in [0.2, 0.25) is 0 Å². The molecule has 0 unspecified atom stereocenters. The molecule has 4 rings (SSSR count). The van der Waals surface area contributed by atoms with E-state index >= 15 is 0 Å². The Balaban J connectivity index is 1.96. The fraction of sp³-hybridized carbons (Fsp3) is 0.500. The summed E-state index contributed by atoms with van der Waals surface area (Å²) in [6.45, 7) is 5.33. The molecule has 0 saturated carbocycles. The van der Waals surface area contributed by atoms with E-state index in [4.69, 9.17) is 9.47 Å². The molecule has 0 fully saturated rings. The first-order chi connectivity index (χ1) is 14.5. The summed E-state index contributed by atoms with van der Waals surface area (Å²) in [5, 5.41) is 0. The number of carbonyl (C=O) groups excluding carboxylic acids is 2. The zero-order chi connectivity index (χ0) is 21.4. The second-order valence-electron chi connectivity index (χ2n) is 7.92. The van der Waals surface area contributed by atoms with Crippen LogP contribution in [0.3, 0.4) is 0 Å². The number of methoxy groups -OCH3 is 1. The van der Waals surface area contributed by atoms with Gasteiger partial charge < -0.3 is 14.4 Å². The molecule has 1 aromatic rings. The lowest BCUT2D eigenvalue weighted by Crippen LogP contribution is -2.39. The normalized spacial score (nSPS) is 19.8. The van der Waals surface area contributed by atoms with Crippen molar-refractivity contribution in [3.8, 4) is 11.5 Å². The van der Waals surface area contributed by atoms with Crippen molar-refractivity contribution in [1.29, 1.82) is 0 Å². The van der Waals surface area contributed by atoms with Gasteiger partial charge in [0.15, 0.2) is 23.1 Å². The lowest BCUT2D eigenvalue weighted by molar-refractivity contribution is -0.117. The van der Waals surface area contributed by atoms with Gasteiger partial charge in [0.25, 0.3) is 0 Å². The molecule has 6 heteroatoms. The topological polar surface area (TPSA) is 55.8 Å². The number of hydrogen-bond acceptors (Lipinski definition) is 5. The van der Waals surface area contributed by atoms with E-state index in [1.54, 1.807) is 7.11 Å². The van der Waals surface area contributed by atoms with E-state index in [1.807, 2.05) is 19.1 Å². The fourth-order valence-electron chi connectivity index (χ4n) is 5.12. The number of carbonyl (C=O) groups is 2. The van der Waals surface area contributed by atoms with E-state index in [-0.39, 0.29) is 17.5 Å². The van der Waals surface area contributed by atoms with Crippen LogP contribution in [-0.2, 0) is 9.59 Å². The van der Waals surface area contributed by atoms with Crippen molar-refractivity contribution < 1.29 is 19.1 Å². The smallest absolute Gasteiger partial charge is 0.175 e. The summed E-state index contributed by atoms with van der Waals surface area (Å²) in [5.74, 6) is 1.24. The van der Waals surface area contributed by atoms with Crippen molar-refractivity contribution in [3.05, 3.63) is 44.7 Å². The predicted molar refractivity (Wildman–Crippen MR) is 119 cm³/mol. The Kier molecular flexibility index (Phi) is 6.05. The Morgan fingerprint density at radius 2 is 1.60 bits per heavy atom. The maximum Gasteiger partial charge on any atom is 0.175 e. The van der Waals surface area contributed by atoms with Gasteiger partial charge in [-0.3, -0.25) is 9.59 Å². The number of ether oxygens (including phenoxy) is 2. The highest BCUT2D eigenvalue weighted by Gasteiger charge is 2.43. The number of benzene rings is 1. The first-order valence-electron chi connectivity index (χ1n) is 10.8. The molecule has 0 amide bonds. The Hall–Kier alpha value is -2.08. The van der Waals surface area contributed by atoms with Gasteiger partial charge in [0.05, 0.1) is 18.2 Å². The van der Waals surface area contributed by atoms with Crippen molar-refractivity contribution in [2.75, 3.05) is 20.3 Å². The molecule has 3 aliphatic rings. The molecule has 5 nitrogen and oxygen atoms in total. The van der Waals surface area contributed by atoms with Crippen LogP contribution in [0.4, 0.5) is 0 Å². The Bertz CT molecular complexity index is 918. The summed E-state index contributed by atoms with van der Waals surface area (Å²) < 4.78 is 12.1. The van der Waals surface area contributed by atoms with Crippen molar-refractivity contribution in [1.82, 2.24) is 4.90 Å². The molecule has 0 radical (unpaired) electrons. The van der Waals surface area contributed by atoms with Crippen molar-refractivity contribution >= 4 is 27.5 Å². The summed E-state index contributed by atoms with van der Waals surface area (Å²) >= 11 is 3.62. The van der Waals surface area contributed by atoms with Crippen LogP contribution in [0, 0.1) is 0 Å². The monoisotopic (exact) mass is 473 g/mol. The lowest BCUT2D eigenvalue weighted by atomic mass is 9.71. The van der Waals surface area contributed by atoms with Crippen molar-refractivity contribution in [2.24, 2.45) is 0 Å². The third-order valence-corrected chi connectivity index (χ3v) is 6.87. The van der Waals surface area contributed by atoms with Crippen LogP contribution in [-0.4, -0.2) is 36.7 Å². The summed E-state index contributed by atoms with van der Waals surface area (Å²) in [7, 11) is 1.61. The summed E-state index contributed by atoms with van der Waals surface area (Å²) in [4.78, 5) is 28.6. The van der Waals surface area contributed by atoms with Crippen LogP contribution in [0.15, 0.2) is 39.1 Å². The minimum Gasteiger partial charge on any atom is -0.493 e. The maximum atomic E-state index is 13.2. The molecule has 160 valence electrons. The molecule has 0 spiro atoms. The largest absolute Gasteiger partial charge is 0.493 e. The van der Waals surface area contributed by atoms with Crippen LogP contribution in [0.1, 0.15) is 63.9 Å². The average Bonchev–Trinajstić information content (AvgIpc) is 2.74. The molecule has 0 atom stereocenters. The third-order valence-electron chi connectivity index (χ3n) is 6.28. The molecule has 0 aromatic heterocycles. The van der Waals surface area contributed by atoms with Gasteiger partial charge in [0, 0.05) is 47.8 Å². The second kappa shape index (κ2) is 8.58. The van der Waals surface area contributed by atoms with E-state index in [0.717, 1.165) is 64.8 Å². The number of ketones is 2. The molecule has 1 heterocycles. The Morgan fingerprint density at radius 1 is 1.00 bits per heavy atom. The molecule has 1 aliphatic heterocycles. The van der Waals surface area contributed by atoms with E-state index in [2.05, 4.69) is 27.8 Å². The van der Waals surface area contributed by atoms with Gasteiger partial charge in [-0.15, -0.1) is 0 Å². The maximum absolute atomic E-state index is 13.2. The quantitative estimate of drug-likeness (QED) is 0.581. The van der Waals surface area contributed by atoms with Gasteiger partial charge in [-0.2, -0.15) is 0 Å². The van der Waals surface area contributed by atoms with E-state index in [9.17, 15) is 9.59 Å². The molecular formula is C24H28BrNO4. The Labute approximate surface area is 186 Å². The van der Waals surface area contributed by atoms with Crippen LogP contribution in [0.5, 0.6) is 11.5 Å². The molecular weight excluding hydrogens is 446 g/mol. The molecule has 0 N–H and O–H groups in total. The van der Waals surface area contributed by atoms with Gasteiger partial charge in [-0.1, -0.05) is 0 Å². The first-order valence-corrected chi connectivity index (χ1v) is 11.6. The number of Topliss-reactive ketones (excluding diaryl/α,β-unsaturated/α-hetero) is 2. The van der Waals surface area contributed by atoms with E-state index < -0.39 is 0 Å². The zero-order valence-corrected chi connectivity index (χ0v) is 19.4. The molecule has 2 aliphatic carbocycles. The Morgan fingerprint density at radius 3 is 2.10 bits per heavy atom. The van der Waals surface area contributed by atoms with Crippen LogP contribution < -0.4 is 9.47 Å². The standard InChI is InChI=1S/C24H28BrNO4/c1-4-26-16-8-6-10-18(27)22(16)21(23-17(26)9-7-11-19(23)28)14-12-15(25)24(30-5-2)20(13-14)29-3/h12-13,21H,4-11H2,1-3H3. The molecule has 0 bridgehead atoms. The van der Waals surface area contributed by atoms with Gasteiger partial charge in [0.1, 0.15) is 0 Å². The minimum atomic E-state index is -0.334. The highest BCUT2D eigenvalue weighted by atomic mass is 79.9. The predicted octanol–water partition coefficient (Wildman–Crippen LogP) is 5.29. The van der Waals surface area contributed by atoms with Gasteiger partial charge >= 0.3 is 0 Å². The van der Waals surface area contributed by atoms with Gasteiger partial charge in [-0.05, 0) is 73.2 Å². The fourth-order valence-corrected chi connectivity index (χ4v) is 5.70. The summed E-state index contributed by atoms with van der Waals surface area (Å²) in [5.41, 5.74) is 4.72. The zero-order valence-electron chi connectivity index (χ0n) is 17.8. The number of halogens is 1. The number of allylic oxidation sites excluding steroid dienone is 4. The van der Waals surface area contributed by atoms with Crippen molar-refractivity contribution in [2.45, 2.75) is 58.3 Å². The molecule has 1 aromatic carbocycles. The minimum absolute atomic E-state index is 0.161.